The summed E-state index contributed by atoms with van der Waals surface area (Å²) in [5, 5.41) is 15.8. The van der Waals surface area contributed by atoms with E-state index in [0.717, 1.165) is 16.0 Å². The lowest BCUT2D eigenvalue weighted by molar-refractivity contribution is 0.477. The average Bonchev–Trinajstić information content (AvgIpc) is 3.05. The smallest absolute Gasteiger partial charge is 0.140 e. The number of aromatic hydroxyl groups is 1. The Morgan fingerprint density at radius 2 is 1.18 bits per heavy atom. The molecule has 6 rings (SSSR count). The first-order valence-corrected chi connectivity index (χ1v) is 16.6. The molecule has 0 atom stereocenters. The Hall–Kier alpha value is -4.77. The van der Waals surface area contributed by atoms with E-state index in [1.54, 1.807) is 6.07 Å². The lowest BCUT2D eigenvalue weighted by Gasteiger charge is -2.43. The summed E-state index contributed by atoms with van der Waals surface area (Å²) in [7, 11) is -2.16. The quantitative estimate of drug-likeness (QED) is 0.0930. The number of hydrogen-bond acceptors (Lipinski definition) is 3. The van der Waals surface area contributed by atoms with E-state index in [4.69, 9.17) is 0 Å². The standard InChI is InChI=1S/C37H32N2OS.C3H8/c1-27(2)25-26-30-17-10-22-34(40)37(30)38-39-41(31-18-4-3-5-19-31,35-23-11-15-28-13-6-8-20-32(28)35)36-24-12-16-29-14-7-9-21-33(29)36;1-3-2/h3-26,38-40H,1H2,2H3;3H2,1-2H3/b26-25-;. The van der Waals surface area contributed by atoms with Gasteiger partial charge in [-0.1, -0.05) is 158 Å². The van der Waals surface area contributed by atoms with Crippen LogP contribution in [0.5, 0.6) is 5.75 Å². The number of rotatable bonds is 8. The molecule has 3 N–H and O–H groups in total. The molecular formula is C40H40N2OS. The fourth-order valence-electron chi connectivity index (χ4n) is 5.28. The summed E-state index contributed by atoms with van der Waals surface area (Å²) < 4.78 is 0. The first-order valence-electron chi connectivity index (χ1n) is 15.0. The van der Waals surface area contributed by atoms with Crippen LogP contribution in [-0.2, 0) is 0 Å². The Bertz CT molecular complexity index is 1820. The molecular weight excluding hydrogens is 557 g/mol. The van der Waals surface area contributed by atoms with E-state index >= 15 is 0 Å². The zero-order valence-electron chi connectivity index (χ0n) is 25.6. The van der Waals surface area contributed by atoms with Crippen molar-refractivity contribution in [3.05, 3.63) is 157 Å². The largest absolute Gasteiger partial charge is 0.506 e. The molecule has 0 heterocycles. The van der Waals surface area contributed by atoms with Crippen LogP contribution in [0.1, 0.15) is 32.8 Å². The molecule has 6 aromatic rings. The summed E-state index contributed by atoms with van der Waals surface area (Å²) in [4.78, 5) is 7.38. The minimum atomic E-state index is -2.16. The van der Waals surface area contributed by atoms with Gasteiger partial charge < -0.3 is 10.5 Å². The van der Waals surface area contributed by atoms with E-state index in [-0.39, 0.29) is 5.75 Å². The molecule has 0 bridgehead atoms. The molecule has 4 heteroatoms. The highest BCUT2D eigenvalue weighted by molar-refractivity contribution is 8.32. The number of allylic oxidation sites excluding steroid dienone is 2. The molecule has 3 nitrogen and oxygen atoms in total. The second-order valence-electron chi connectivity index (χ2n) is 10.7. The Morgan fingerprint density at radius 1 is 0.682 bits per heavy atom. The third-order valence-corrected chi connectivity index (χ3v) is 10.6. The molecule has 0 saturated carbocycles. The van der Waals surface area contributed by atoms with Crippen LogP contribution in [-0.4, -0.2) is 5.11 Å². The second-order valence-corrected chi connectivity index (χ2v) is 13.5. The highest BCUT2D eigenvalue weighted by Gasteiger charge is 2.34. The molecule has 0 aliphatic heterocycles. The molecule has 0 saturated heterocycles. The number of fused-ring (bicyclic) bond motifs is 2. The van der Waals surface area contributed by atoms with Crippen molar-refractivity contribution < 1.29 is 5.11 Å². The molecule has 0 fully saturated rings. The summed E-state index contributed by atoms with van der Waals surface area (Å²) in [5.74, 6) is 0.165. The molecule has 0 aliphatic carbocycles. The molecule has 0 amide bonds. The zero-order chi connectivity index (χ0) is 30.9. The van der Waals surface area contributed by atoms with E-state index in [9.17, 15) is 5.11 Å². The maximum atomic E-state index is 11.1. The molecule has 0 aliphatic rings. The normalized spacial score (nSPS) is 11.7. The maximum Gasteiger partial charge on any atom is 0.140 e. The Labute approximate surface area is 263 Å². The lowest BCUT2D eigenvalue weighted by atomic mass is 10.1. The van der Waals surface area contributed by atoms with Crippen molar-refractivity contribution in [2.24, 2.45) is 0 Å². The van der Waals surface area contributed by atoms with Gasteiger partial charge in [-0.2, -0.15) is 4.83 Å². The van der Waals surface area contributed by atoms with E-state index in [2.05, 4.69) is 146 Å². The minimum Gasteiger partial charge on any atom is -0.506 e. The van der Waals surface area contributed by atoms with Gasteiger partial charge in [0.05, 0.1) is 5.69 Å². The highest BCUT2D eigenvalue weighted by atomic mass is 32.3. The first-order chi connectivity index (χ1) is 21.5. The lowest BCUT2D eigenvalue weighted by Crippen LogP contribution is -2.28. The third-order valence-electron chi connectivity index (χ3n) is 7.21. The van der Waals surface area contributed by atoms with Gasteiger partial charge in [-0.25, -0.2) is 0 Å². The van der Waals surface area contributed by atoms with E-state index < -0.39 is 10.2 Å². The second kappa shape index (κ2) is 14.1. The number of hydrazine groups is 1. The van der Waals surface area contributed by atoms with Crippen molar-refractivity contribution in [3.8, 4) is 5.75 Å². The van der Waals surface area contributed by atoms with Gasteiger partial charge in [-0.05, 0) is 58.8 Å². The van der Waals surface area contributed by atoms with Crippen LogP contribution in [0.2, 0.25) is 0 Å². The SMILES string of the molecule is C=C(C)/C=C\c1cccc(O)c1NNS(c1ccccc1)(c1cccc2ccccc12)c1cccc2ccccc12.CCC. The van der Waals surface area contributed by atoms with Crippen LogP contribution in [0.25, 0.3) is 27.6 Å². The third kappa shape index (κ3) is 6.28. The fourth-order valence-corrected chi connectivity index (χ4v) is 8.78. The van der Waals surface area contributed by atoms with Crippen LogP contribution in [0, 0.1) is 0 Å². The number of benzene rings is 6. The summed E-state index contributed by atoms with van der Waals surface area (Å²) in [6.45, 7) is 10.2. The van der Waals surface area contributed by atoms with Crippen LogP contribution in [0.15, 0.2) is 166 Å². The topological polar surface area (TPSA) is 44.3 Å². The predicted molar refractivity (Wildman–Crippen MR) is 191 cm³/mol. The fraction of sp³-hybridized carbons (Fsp3) is 0.100. The number of para-hydroxylation sites is 1. The van der Waals surface area contributed by atoms with Crippen molar-refractivity contribution in [2.75, 3.05) is 5.43 Å². The van der Waals surface area contributed by atoms with Crippen molar-refractivity contribution in [1.82, 2.24) is 4.83 Å². The molecule has 44 heavy (non-hydrogen) atoms. The molecule has 222 valence electrons. The number of anilines is 1. The van der Waals surface area contributed by atoms with Gasteiger partial charge in [0.1, 0.15) is 5.75 Å². The van der Waals surface area contributed by atoms with Crippen LogP contribution < -0.4 is 10.3 Å². The van der Waals surface area contributed by atoms with Gasteiger partial charge in [0.25, 0.3) is 0 Å². The van der Waals surface area contributed by atoms with Gasteiger partial charge in [-0.3, -0.25) is 0 Å². The first kappa shape index (κ1) is 30.7. The summed E-state index contributed by atoms with van der Waals surface area (Å²) in [6.07, 6.45) is 5.17. The van der Waals surface area contributed by atoms with E-state index in [0.29, 0.717) is 5.69 Å². The van der Waals surface area contributed by atoms with Crippen molar-refractivity contribution >= 4 is 43.5 Å². The molecule has 0 radical (unpaired) electrons. The van der Waals surface area contributed by atoms with Crippen molar-refractivity contribution in [1.29, 1.82) is 0 Å². The summed E-state index contributed by atoms with van der Waals surface area (Å²) in [6, 6.07) is 46.3. The summed E-state index contributed by atoms with van der Waals surface area (Å²) >= 11 is 0. The van der Waals surface area contributed by atoms with Gasteiger partial charge in [0.15, 0.2) is 0 Å². The number of phenolic OH excluding ortho intramolecular Hbond substituents is 1. The monoisotopic (exact) mass is 596 g/mol. The number of nitrogens with one attached hydrogen (secondary N) is 2. The Kier molecular flexibility index (Phi) is 9.86. The van der Waals surface area contributed by atoms with Gasteiger partial charge in [0, 0.05) is 20.2 Å². The van der Waals surface area contributed by atoms with E-state index in [1.807, 2.05) is 31.2 Å². The maximum absolute atomic E-state index is 11.1. The van der Waals surface area contributed by atoms with Gasteiger partial charge in [0.2, 0.25) is 0 Å². The highest BCUT2D eigenvalue weighted by Crippen LogP contribution is 2.68. The Morgan fingerprint density at radius 3 is 1.75 bits per heavy atom. The molecule has 0 spiro atoms. The van der Waals surface area contributed by atoms with Crippen molar-refractivity contribution in [2.45, 2.75) is 41.9 Å². The summed E-state index contributed by atoms with van der Waals surface area (Å²) in [5.41, 5.74) is 5.93. The van der Waals surface area contributed by atoms with Crippen LogP contribution in [0.4, 0.5) is 5.69 Å². The van der Waals surface area contributed by atoms with Crippen LogP contribution in [0.3, 0.4) is 0 Å². The van der Waals surface area contributed by atoms with Crippen molar-refractivity contribution in [3.63, 3.8) is 0 Å². The van der Waals surface area contributed by atoms with Gasteiger partial charge >= 0.3 is 0 Å². The minimum absolute atomic E-state index is 0.165. The zero-order valence-corrected chi connectivity index (χ0v) is 26.4. The predicted octanol–water partition coefficient (Wildman–Crippen LogP) is 11.5. The molecule has 6 aromatic carbocycles. The molecule has 0 aromatic heterocycles. The average molecular weight is 597 g/mol. The van der Waals surface area contributed by atoms with Crippen LogP contribution >= 0.6 is 10.2 Å². The Balaban J connectivity index is 0.00000123. The van der Waals surface area contributed by atoms with Gasteiger partial charge in [-0.15, -0.1) is 0 Å². The van der Waals surface area contributed by atoms with E-state index in [1.165, 1.54) is 37.8 Å². The number of hydrogen-bond donors (Lipinski definition) is 3. The molecule has 0 unspecified atom stereocenters. The number of phenols is 1.